The van der Waals surface area contributed by atoms with Crippen LogP contribution in [0.1, 0.15) is 29.6 Å². The Labute approximate surface area is 122 Å². The molecule has 1 aliphatic rings. The highest BCUT2D eigenvalue weighted by molar-refractivity contribution is 6.03. The van der Waals surface area contributed by atoms with E-state index in [1.165, 1.54) is 6.07 Å². The van der Waals surface area contributed by atoms with Gasteiger partial charge in [0, 0.05) is 17.0 Å². The van der Waals surface area contributed by atoms with Crippen molar-refractivity contribution in [1.29, 1.82) is 0 Å². The second-order valence-electron chi connectivity index (χ2n) is 5.34. The van der Waals surface area contributed by atoms with Crippen LogP contribution in [0.15, 0.2) is 47.3 Å². The molecule has 0 fully saturated rings. The van der Waals surface area contributed by atoms with E-state index in [4.69, 9.17) is 4.74 Å². The normalized spacial score (nSPS) is 17.8. The number of para-hydroxylation sites is 1. The van der Waals surface area contributed by atoms with E-state index in [9.17, 15) is 9.59 Å². The number of H-pyrrole nitrogens is 1. The van der Waals surface area contributed by atoms with Crippen LogP contribution >= 0.6 is 0 Å². The lowest BCUT2D eigenvalue weighted by molar-refractivity contribution is 0.0434. The molecule has 3 rings (SSSR count). The summed E-state index contributed by atoms with van der Waals surface area (Å²) in [5.74, 6) is -0.0425. The third kappa shape index (κ3) is 3.05. The van der Waals surface area contributed by atoms with E-state index in [0.29, 0.717) is 29.0 Å². The topological polar surface area (TPSA) is 59.2 Å². The summed E-state index contributed by atoms with van der Waals surface area (Å²) in [7, 11) is 0. The molecule has 1 N–H and O–H groups in total. The van der Waals surface area contributed by atoms with Crippen molar-refractivity contribution in [3.8, 4) is 0 Å². The summed E-state index contributed by atoms with van der Waals surface area (Å²) in [6.45, 7) is 0.407. The number of nitrogens with one attached hydrogen (secondary N) is 1. The highest BCUT2D eigenvalue weighted by Gasteiger charge is 2.16. The Bertz CT molecular complexity index is 745. The standard InChI is InChI=1S/C17H17NO3/c19-16-10-14(13-8-4-5-9-15(13)18-16)17(20)21-11-12-6-2-1-3-7-12/h1-2,4-5,8-10,12H,3,6-7,11H2,(H,18,19). The Morgan fingerprint density at radius 3 is 2.95 bits per heavy atom. The molecule has 4 heteroatoms. The Hall–Kier alpha value is -2.36. The van der Waals surface area contributed by atoms with Gasteiger partial charge in [-0.2, -0.15) is 0 Å². The van der Waals surface area contributed by atoms with E-state index in [1.54, 1.807) is 6.07 Å². The van der Waals surface area contributed by atoms with Gasteiger partial charge in [0.1, 0.15) is 0 Å². The highest BCUT2D eigenvalue weighted by Crippen LogP contribution is 2.20. The molecule has 1 unspecified atom stereocenters. The highest BCUT2D eigenvalue weighted by atomic mass is 16.5. The van der Waals surface area contributed by atoms with Gasteiger partial charge in [0.25, 0.3) is 0 Å². The molecule has 1 aromatic heterocycles. The number of aromatic nitrogens is 1. The molecule has 1 heterocycles. The van der Waals surface area contributed by atoms with Crippen molar-refractivity contribution in [1.82, 2.24) is 4.98 Å². The summed E-state index contributed by atoms with van der Waals surface area (Å²) in [5, 5.41) is 0.714. The number of fused-ring (bicyclic) bond motifs is 1. The third-order valence-electron chi connectivity index (χ3n) is 3.80. The molecular formula is C17H17NO3. The van der Waals surface area contributed by atoms with E-state index < -0.39 is 5.97 Å². The summed E-state index contributed by atoms with van der Waals surface area (Å²) in [6, 6.07) is 8.56. The fourth-order valence-electron chi connectivity index (χ4n) is 2.65. The Balaban J connectivity index is 1.81. The van der Waals surface area contributed by atoms with Gasteiger partial charge in [-0.15, -0.1) is 0 Å². The first-order chi connectivity index (χ1) is 10.2. The zero-order valence-electron chi connectivity index (χ0n) is 11.7. The molecule has 0 radical (unpaired) electrons. The van der Waals surface area contributed by atoms with Gasteiger partial charge in [0.2, 0.25) is 5.56 Å². The van der Waals surface area contributed by atoms with Gasteiger partial charge in [-0.05, 0) is 31.2 Å². The number of hydrogen-bond acceptors (Lipinski definition) is 3. The predicted molar refractivity (Wildman–Crippen MR) is 81.3 cm³/mol. The van der Waals surface area contributed by atoms with Crippen molar-refractivity contribution in [2.45, 2.75) is 19.3 Å². The second-order valence-corrected chi connectivity index (χ2v) is 5.34. The van der Waals surface area contributed by atoms with E-state index in [0.717, 1.165) is 19.3 Å². The first-order valence-corrected chi connectivity index (χ1v) is 7.18. The van der Waals surface area contributed by atoms with Crippen LogP contribution in [-0.2, 0) is 4.74 Å². The monoisotopic (exact) mass is 283 g/mol. The van der Waals surface area contributed by atoms with Crippen molar-refractivity contribution in [2.75, 3.05) is 6.61 Å². The first kappa shape index (κ1) is 13.6. The van der Waals surface area contributed by atoms with Gasteiger partial charge >= 0.3 is 5.97 Å². The first-order valence-electron chi connectivity index (χ1n) is 7.18. The molecule has 0 saturated heterocycles. The number of esters is 1. The van der Waals surface area contributed by atoms with Crippen LogP contribution in [0.5, 0.6) is 0 Å². The number of carbonyl (C=O) groups is 1. The average Bonchev–Trinajstić information content (AvgIpc) is 2.52. The molecule has 21 heavy (non-hydrogen) atoms. The summed E-state index contributed by atoms with van der Waals surface area (Å²) >= 11 is 0. The van der Waals surface area contributed by atoms with Crippen LogP contribution in [0.25, 0.3) is 10.9 Å². The van der Waals surface area contributed by atoms with Crippen LogP contribution < -0.4 is 5.56 Å². The number of pyridine rings is 1. The minimum atomic E-state index is -0.424. The summed E-state index contributed by atoms with van der Waals surface area (Å²) in [4.78, 5) is 26.6. The maximum Gasteiger partial charge on any atom is 0.339 e. The average molecular weight is 283 g/mol. The zero-order chi connectivity index (χ0) is 14.7. The van der Waals surface area contributed by atoms with E-state index in [1.807, 2.05) is 18.2 Å². The Morgan fingerprint density at radius 2 is 2.14 bits per heavy atom. The summed E-state index contributed by atoms with van der Waals surface area (Å²) in [5.41, 5.74) is 0.694. The number of ether oxygens (including phenoxy) is 1. The number of rotatable bonds is 3. The van der Waals surface area contributed by atoms with Crippen LogP contribution in [0.2, 0.25) is 0 Å². The van der Waals surface area contributed by atoms with E-state index in [2.05, 4.69) is 17.1 Å². The van der Waals surface area contributed by atoms with Crippen molar-refractivity contribution >= 4 is 16.9 Å². The molecule has 0 bridgehead atoms. The summed E-state index contributed by atoms with van der Waals surface area (Å²) < 4.78 is 5.41. The van der Waals surface area contributed by atoms with Gasteiger partial charge in [0.05, 0.1) is 12.2 Å². The van der Waals surface area contributed by atoms with Gasteiger partial charge in [-0.25, -0.2) is 4.79 Å². The molecule has 0 amide bonds. The van der Waals surface area contributed by atoms with Crippen molar-refractivity contribution in [2.24, 2.45) is 5.92 Å². The molecule has 0 saturated carbocycles. The molecule has 0 spiro atoms. The van der Waals surface area contributed by atoms with Crippen LogP contribution in [0.4, 0.5) is 0 Å². The van der Waals surface area contributed by atoms with Crippen LogP contribution in [0, 0.1) is 5.92 Å². The van der Waals surface area contributed by atoms with Gasteiger partial charge < -0.3 is 9.72 Å². The molecule has 2 aromatic rings. The fourth-order valence-corrected chi connectivity index (χ4v) is 2.65. The molecule has 108 valence electrons. The maximum atomic E-state index is 12.3. The lowest BCUT2D eigenvalue weighted by Gasteiger charge is -2.17. The number of carbonyl (C=O) groups excluding carboxylic acids is 1. The fraction of sp³-hybridized carbons (Fsp3) is 0.294. The minimum absolute atomic E-state index is 0.291. The lowest BCUT2D eigenvalue weighted by atomic mass is 9.95. The van der Waals surface area contributed by atoms with Crippen molar-refractivity contribution in [3.63, 3.8) is 0 Å². The SMILES string of the molecule is O=C(OCC1CC=CCC1)c1cc(=O)[nH]c2ccccc12. The number of benzene rings is 1. The quantitative estimate of drug-likeness (QED) is 0.695. The number of aromatic amines is 1. The minimum Gasteiger partial charge on any atom is -0.462 e. The second kappa shape index (κ2) is 5.95. The molecular weight excluding hydrogens is 266 g/mol. The third-order valence-corrected chi connectivity index (χ3v) is 3.80. The summed E-state index contributed by atoms with van der Waals surface area (Å²) in [6.07, 6.45) is 7.31. The molecule has 0 aliphatic heterocycles. The Morgan fingerprint density at radius 1 is 1.29 bits per heavy atom. The molecule has 1 atom stereocenters. The van der Waals surface area contributed by atoms with Crippen LogP contribution in [0.3, 0.4) is 0 Å². The maximum absolute atomic E-state index is 12.3. The molecule has 1 aromatic carbocycles. The van der Waals surface area contributed by atoms with Gasteiger partial charge in [-0.1, -0.05) is 30.4 Å². The van der Waals surface area contributed by atoms with Gasteiger partial charge in [0.15, 0.2) is 0 Å². The Kier molecular flexibility index (Phi) is 3.86. The molecule has 1 aliphatic carbocycles. The van der Waals surface area contributed by atoms with Gasteiger partial charge in [-0.3, -0.25) is 4.79 Å². The van der Waals surface area contributed by atoms with Crippen LogP contribution in [-0.4, -0.2) is 17.6 Å². The number of allylic oxidation sites excluding steroid dienone is 2. The predicted octanol–water partition coefficient (Wildman–Crippen LogP) is 3.04. The van der Waals surface area contributed by atoms with Crippen molar-refractivity contribution < 1.29 is 9.53 Å². The number of hydrogen-bond donors (Lipinski definition) is 1. The largest absolute Gasteiger partial charge is 0.462 e. The van der Waals surface area contributed by atoms with E-state index >= 15 is 0 Å². The smallest absolute Gasteiger partial charge is 0.339 e. The van der Waals surface area contributed by atoms with Crippen molar-refractivity contribution in [3.05, 3.63) is 58.4 Å². The van der Waals surface area contributed by atoms with E-state index in [-0.39, 0.29) is 5.56 Å². The molecule has 4 nitrogen and oxygen atoms in total. The lowest BCUT2D eigenvalue weighted by Crippen LogP contribution is -2.17. The zero-order valence-corrected chi connectivity index (χ0v) is 11.7.